The van der Waals surface area contributed by atoms with Crippen molar-refractivity contribution in [3.8, 4) is 11.3 Å². The van der Waals surface area contributed by atoms with Crippen LogP contribution >= 0.6 is 15.9 Å². The van der Waals surface area contributed by atoms with Crippen molar-refractivity contribution in [1.82, 2.24) is 4.98 Å². The van der Waals surface area contributed by atoms with Crippen molar-refractivity contribution in [2.75, 3.05) is 0 Å². The number of halogens is 1. The van der Waals surface area contributed by atoms with E-state index in [4.69, 9.17) is 4.98 Å². The number of benzene rings is 2. The van der Waals surface area contributed by atoms with Gasteiger partial charge < -0.3 is 0 Å². The van der Waals surface area contributed by atoms with Crippen molar-refractivity contribution < 1.29 is 0 Å². The van der Waals surface area contributed by atoms with Crippen LogP contribution in [0.15, 0.2) is 59.1 Å². The van der Waals surface area contributed by atoms with Gasteiger partial charge in [0.15, 0.2) is 0 Å². The quantitative estimate of drug-likeness (QED) is 0.516. The zero-order valence-corrected chi connectivity index (χ0v) is 14.6. The first-order valence-electron chi connectivity index (χ1n) is 7.84. The fraction of sp³-hybridized carbons (Fsp3) is 0.250. The predicted molar refractivity (Wildman–Crippen MR) is 98.2 cm³/mol. The largest absolute Gasteiger partial charge is 0.248 e. The number of hydrogen-bond donors (Lipinski definition) is 0. The van der Waals surface area contributed by atoms with Crippen LogP contribution in [0.1, 0.15) is 38.2 Å². The average Bonchev–Trinajstić information content (AvgIpc) is 2.54. The van der Waals surface area contributed by atoms with Gasteiger partial charge in [-0.05, 0) is 42.2 Å². The van der Waals surface area contributed by atoms with Crippen LogP contribution in [0.4, 0.5) is 0 Å². The molecule has 1 nitrogen and oxygen atoms in total. The Bertz CT molecular complexity index is 795. The molecule has 0 amide bonds. The molecular formula is C20H20BrN. The molecule has 1 unspecified atom stereocenters. The van der Waals surface area contributed by atoms with Crippen LogP contribution in [0.3, 0.4) is 0 Å². The van der Waals surface area contributed by atoms with Crippen LogP contribution in [0.2, 0.25) is 0 Å². The molecule has 0 spiro atoms. The molecule has 0 aliphatic heterocycles. The third-order valence-electron chi connectivity index (χ3n) is 4.12. The van der Waals surface area contributed by atoms with Gasteiger partial charge in [-0.2, -0.15) is 0 Å². The van der Waals surface area contributed by atoms with Gasteiger partial charge in [-0.25, -0.2) is 4.98 Å². The lowest BCUT2D eigenvalue weighted by Crippen LogP contribution is -1.97. The first-order chi connectivity index (χ1) is 10.7. The number of para-hydroxylation sites is 1. The second-order valence-corrected chi connectivity index (χ2v) is 6.73. The van der Waals surface area contributed by atoms with Crippen molar-refractivity contribution in [3.05, 3.63) is 64.6 Å². The zero-order valence-electron chi connectivity index (χ0n) is 13.0. The molecule has 0 saturated heterocycles. The van der Waals surface area contributed by atoms with Gasteiger partial charge in [0.25, 0.3) is 0 Å². The lowest BCUT2D eigenvalue weighted by molar-refractivity contribution is 0.669. The van der Waals surface area contributed by atoms with Crippen molar-refractivity contribution in [2.45, 2.75) is 32.6 Å². The normalized spacial score (nSPS) is 12.5. The molecule has 0 aliphatic carbocycles. The summed E-state index contributed by atoms with van der Waals surface area (Å²) in [5.41, 5.74) is 4.70. The molecule has 2 heteroatoms. The van der Waals surface area contributed by atoms with E-state index >= 15 is 0 Å². The molecule has 0 fully saturated rings. The van der Waals surface area contributed by atoms with Gasteiger partial charge in [0.2, 0.25) is 0 Å². The summed E-state index contributed by atoms with van der Waals surface area (Å²) >= 11 is 3.55. The summed E-state index contributed by atoms with van der Waals surface area (Å²) in [7, 11) is 0. The molecule has 1 aromatic heterocycles. The Hall–Kier alpha value is -1.67. The highest BCUT2D eigenvalue weighted by Crippen LogP contribution is 2.32. The van der Waals surface area contributed by atoms with E-state index in [0.717, 1.165) is 21.2 Å². The number of rotatable bonds is 4. The van der Waals surface area contributed by atoms with Gasteiger partial charge in [-0.1, -0.05) is 66.5 Å². The van der Waals surface area contributed by atoms with Gasteiger partial charge in [0.05, 0.1) is 11.2 Å². The molecule has 2 aromatic carbocycles. The molecule has 112 valence electrons. The molecule has 22 heavy (non-hydrogen) atoms. The van der Waals surface area contributed by atoms with E-state index in [2.05, 4.69) is 78.3 Å². The molecule has 0 saturated carbocycles. The molecule has 1 atom stereocenters. The Kier molecular flexibility index (Phi) is 4.58. The second kappa shape index (κ2) is 6.62. The maximum atomic E-state index is 4.87. The summed E-state index contributed by atoms with van der Waals surface area (Å²) < 4.78 is 1.09. The number of fused-ring (bicyclic) bond motifs is 1. The monoisotopic (exact) mass is 353 g/mol. The van der Waals surface area contributed by atoms with Crippen LogP contribution in [-0.2, 0) is 0 Å². The Labute approximate surface area is 140 Å². The molecule has 1 heterocycles. The fourth-order valence-electron chi connectivity index (χ4n) is 2.99. The van der Waals surface area contributed by atoms with E-state index in [1.54, 1.807) is 0 Å². The van der Waals surface area contributed by atoms with Crippen molar-refractivity contribution in [2.24, 2.45) is 0 Å². The van der Waals surface area contributed by atoms with E-state index in [9.17, 15) is 0 Å². The molecule has 0 bridgehead atoms. The highest BCUT2D eigenvalue weighted by Gasteiger charge is 2.12. The van der Waals surface area contributed by atoms with E-state index in [0.29, 0.717) is 5.92 Å². The minimum absolute atomic E-state index is 0.545. The molecule has 3 rings (SSSR count). The number of aromatic nitrogens is 1. The van der Waals surface area contributed by atoms with Crippen LogP contribution in [0.5, 0.6) is 0 Å². The SMILES string of the molecule is CCCC(C)c1cc(-c2cccc(Br)c2)nc2ccccc12. The van der Waals surface area contributed by atoms with Gasteiger partial charge in [0, 0.05) is 15.4 Å². The highest BCUT2D eigenvalue weighted by atomic mass is 79.9. The van der Waals surface area contributed by atoms with Crippen LogP contribution in [0, 0.1) is 0 Å². The zero-order chi connectivity index (χ0) is 15.5. The van der Waals surface area contributed by atoms with Crippen LogP contribution in [0.25, 0.3) is 22.2 Å². The Morgan fingerprint density at radius 2 is 1.86 bits per heavy atom. The first kappa shape index (κ1) is 15.2. The van der Waals surface area contributed by atoms with Crippen molar-refractivity contribution in [1.29, 1.82) is 0 Å². The lowest BCUT2D eigenvalue weighted by Gasteiger charge is -2.15. The topological polar surface area (TPSA) is 12.9 Å². The van der Waals surface area contributed by atoms with E-state index in [1.165, 1.54) is 23.8 Å². The van der Waals surface area contributed by atoms with Gasteiger partial charge in [-0.3, -0.25) is 0 Å². The second-order valence-electron chi connectivity index (χ2n) is 5.81. The Morgan fingerprint density at radius 3 is 2.64 bits per heavy atom. The van der Waals surface area contributed by atoms with Gasteiger partial charge >= 0.3 is 0 Å². The van der Waals surface area contributed by atoms with E-state index < -0.39 is 0 Å². The average molecular weight is 354 g/mol. The Morgan fingerprint density at radius 1 is 1.05 bits per heavy atom. The Balaban J connectivity index is 2.20. The van der Waals surface area contributed by atoms with Crippen molar-refractivity contribution >= 4 is 26.8 Å². The summed E-state index contributed by atoms with van der Waals surface area (Å²) in [6, 6.07) is 19.1. The molecule has 0 N–H and O–H groups in total. The van der Waals surface area contributed by atoms with Crippen LogP contribution < -0.4 is 0 Å². The minimum Gasteiger partial charge on any atom is -0.248 e. The summed E-state index contributed by atoms with van der Waals surface area (Å²) in [6.45, 7) is 4.56. The molecular weight excluding hydrogens is 334 g/mol. The summed E-state index contributed by atoms with van der Waals surface area (Å²) in [5.74, 6) is 0.545. The maximum absolute atomic E-state index is 4.87. The van der Waals surface area contributed by atoms with Gasteiger partial charge in [0.1, 0.15) is 0 Å². The lowest BCUT2D eigenvalue weighted by atomic mass is 9.92. The first-order valence-corrected chi connectivity index (χ1v) is 8.64. The summed E-state index contributed by atoms with van der Waals surface area (Å²) in [5, 5.41) is 1.28. The molecule has 0 radical (unpaired) electrons. The van der Waals surface area contributed by atoms with Gasteiger partial charge in [-0.15, -0.1) is 0 Å². The third-order valence-corrected chi connectivity index (χ3v) is 4.61. The fourth-order valence-corrected chi connectivity index (χ4v) is 3.39. The number of pyridine rings is 1. The van der Waals surface area contributed by atoms with Crippen LogP contribution in [-0.4, -0.2) is 4.98 Å². The smallest absolute Gasteiger partial charge is 0.0712 e. The van der Waals surface area contributed by atoms with E-state index in [1.807, 2.05) is 6.07 Å². The molecule has 3 aromatic rings. The number of nitrogens with zero attached hydrogens (tertiary/aromatic N) is 1. The number of hydrogen-bond acceptors (Lipinski definition) is 1. The third kappa shape index (κ3) is 3.07. The van der Waals surface area contributed by atoms with E-state index in [-0.39, 0.29) is 0 Å². The minimum atomic E-state index is 0.545. The molecule has 0 aliphatic rings. The standard InChI is InChI=1S/C20H20BrN/c1-3-7-14(2)18-13-20(15-8-6-9-16(21)12-15)22-19-11-5-4-10-17(18)19/h4-6,8-14H,3,7H2,1-2H3. The maximum Gasteiger partial charge on any atom is 0.0712 e. The highest BCUT2D eigenvalue weighted by molar-refractivity contribution is 9.10. The summed E-state index contributed by atoms with van der Waals surface area (Å²) in [6.07, 6.45) is 2.40. The van der Waals surface area contributed by atoms with Crippen molar-refractivity contribution in [3.63, 3.8) is 0 Å². The predicted octanol–water partition coefficient (Wildman–Crippen LogP) is 6.57. The summed E-state index contributed by atoms with van der Waals surface area (Å²) in [4.78, 5) is 4.87.